The highest BCUT2D eigenvalue weighted by atomic mass is 19.1. The molecule has 0 spiro atoms. The maximum atomic E-state index is 12.3. The van der Waals surface area contributed by atoms with Gasteiger partial charge in [0.1, 0.15) is 0 Å². The summed E-state index contributed by atoms with van der Waals surface area (Å²) in [6, 6.07) is 1.93. The largest absolute Gasteiger partial charge is 0.321 e. The van der Waals surface area contributed by atoms with Gasteiger partial charge in [0.05, 0.1) is 6.04 Å². The minimum atomic E-state index is -0.601. The van der Waals surface area contributed by atoms with Gasteiger partial charge in [0.25, 0.3) is 0 Å². The van der Waals surface area contributed by atoms with Crippen LogP contribution in [0.2, 0.25) is 0 Å². The first-order valence-electron chi connectivity index (χ1n) is 3.52. The lowest BCUT2D eigenvalue weighted by Crippen LogP contribution is -2.26. The number of hydrogen-bond donors (Lipinski definition) is 1. The molecule has 12 heavy (non-hydrogen) atoms. The fourth-order valence-corrected chi connectivity index (χ4v) is 0.784. The smallest absolute Gasteiger partial charge is 0.212 e. The Balaban J connectivity index is 2.90. The summed E-state index contributed by atoms with van der Waals surface area (Å²) in [5.74, 6) is -0.835. The molecule has 0 aliphatic heterocycles. The Hall–Kier alpha value is -1.29. The summed E-state index contributed by atoms with van der Waals surface area (Å²) in [5, 5.41) is 0. The zero-order chi connectivity index (χ0) is 9.14. The van der Waals surface area contributed by atoms with Crippen molar-refractivity contribution in [2.75, 3.05) is 0 Å². The highest BCUT2D eigenvalue weighted by Gasteiger charge is 2.10. The molecule has 1 atom stereocenters. The maximum Gasteiger partial charge on any atom is 0.212 e. The number of hydrogen-bond acceptors (Lipinski definition) is 3. The lowest BCUT2D eigenvalue weighted by Gasteiger charge is -2.02. The average molecular weight is 168 g/mol. The Morgan fingerprint density at radius 3 is 2.75 bits per heavy atom. The summed E-state index contributed by atoms with van der Waals surface area (Å²) in [6.45, 7) is 1.58. The van der Waals surface area contributed by atoms with Crippen LogP contribution in [0.1, 0.15) is 17.3 Å². The van der Waals surface area contributed by atoms with Crippen LogP contribution in [0, 0.1) is 5.95 Å². The molecule has 1 aromatic heterocycles. The number of halogens is 1. The molecule has 0 aromatic carbocycles. The summed E-state index contributed by atoms with van der Waals surface area (Å²) in [6.07, 6.45) is 1.18. The molecule has 0 saturated carbocycles. The molecule has 4 heteroatoms. The molecule has 0 fully saturated rings. The molecule has 0 aliphatic rings. The van der Waals surface area contributed by atoms with Crippen LogP contribution in [0.25, 0.3) is 0 Å². The Labute approximate surface area is 69.4 Å². The van der Waals surface area contributed by atoms with Gasteiger partial charge in [-0.25, -0.2) is 4.98 Å². The quantitative estimate of drug-likeness (QED) is 0.523. The van der Waals surface area contributed by atoms with Crippen molar-refractivity contribution in [3.63, 3.8) is 0 Å². The van der Waals surface area contributed by atoms with E-state index in [2.05, 4.69) is 4.98 Å². The second-order valence-corrected chi connectivity index (χ2v) is 2.52. The molecular formula is C8H9FN2O. The average Bonchev–Trinajstić information content (AvgIpc) is 2.04. The van der Waals surface area contributed by atoms with Gasteiger partial charge in [0.15, 0.2) is 5.78 Å². The highest BCUT2D eigenvalue weighted by Crippen LogP contribution is 2.01. The van der Waals surface area contributed by atoms with E-state index in [1.165, 1.54) is 12.3 Å². The molecule has 0 bridgehead atoms. The molecule has 64 valence electrons. The predicted molar refractivity (Wildman–Crippen MR) is 42.2 cm³/mol. The third kappa shape index (κ3) is 1.85. The van der Waals surface area contributed by atoms with Crippen molar-refractivity contribution in [1.82, 2.24) is 4.98 Å². The van der Waals surface area contributed by atoms with Gasteiger partial charge >= 0.3 is 0 Å². The fourth-order valence-electron chi connectivity index (χ4n) is 0.784. The van der Waals surface area contributed by atoms with Crippen molar-refractivity contribution >= 4 is 5.78 Å². The number of nitrogens with two attached hydrogens (primary N) is 1. The van der Waals surface area contributed by atoms with E-state index in [0.29, 0.717) is 5.56 Å². The van der Waals surface area contributed by atoms with Gasteiger partial charge in [-0.2, -0.15) is 4.39 Å². The van der Waals surface area contributed by atoms with E-state index in [1.807, 2.05) is 0 Å². The summed E-state index contributed by atoms with van der Waals surface area (Å²) in [5.41, 5.74) is 5.67. The molecule has 3 nitrogen and oxygen atoms in total. The van der Waals surface area contributed by atoms with E-state index in [1.54, 1.807) is 6.92 Å². The third-order valence-electron chi connectivity index (χ3n) is 1.43. The fraction of sp³-hybridized carbons (Fsp3) is 0.250. The van der Waals surface area contributed by atoms with Gasteiger partial charge in [0.2, 0.25) is 5.95 Å². The van der Waals surface area contributed by atoms with Gasteiger partial charge in [-0.05, 0) is 19.1 Å². The van der Waals surface area contributed by atoms with Gasteiger partial charge in [-0.1, -0.05) is 0 Å². The van der Waals surface area contributed by atoms with Gasteiger partial charge in [0, 0.05) is 11.8 Å². The minimum Gasteiger partial charge on any atom is -0.321 e. The zero-order valence-corrected chi connectivity index (χ0v) is 6.62. The number of rotatable bonds is 2. The van der Waals surface area contributed by atoms with Gasteiger partial charge in [-0.15, -0.1) is 0 Å². The van der Waals surface area contributed by atoms with Crippen LogP contribution in [0.5, 0.6) is 0 Å². The third-order valence-corrected chi connectivity index (χ3v) is 1.43. The number of carbonyl (C=O) groups is 1. The van der Waals surface area contributed by atoms with Crippen LogP contribution in [0.4, 0.5) is 4.39 Å². The second-order valence-electron chi connectivity index (χ2n) is 2.52. The predicted octanol–water partition coefficient (Wildman–Crippen LogP) is 0.751. The molecule has 1 aromatic rings. The number of pyridine rings is 1. The molecular weight excluding hydrogens is 159 g/mol. The first kappa shape index (κ1) is 8.80. The van der Waals surface area contributed by atoms with Crippen molar-refractivity contribution in [1.29, 1.82) is 0 Å². The van der Waals surface area contributed by atoms with Crippen LogP contribution in [0.3, 0.4) is 0 Å². The Bertz CT molecular complexity index is 282. The minimum absolute atomic E-state index is 0.234. The maximum absolute atomic E-state index is 12.3. The number of nitrogens with zero attached hydrogens (tertiary/aromatic N) is 1. The molecule has 0 radical (unpaired) electrons. The summed E-state index contributed by atoms with van der Waals surface area (Å²) < 4.78 is 12.3. The van der Waals surface area contributed by atoms with E-state index >= 15 is 0 Å². The van der Waals surface area contributed by atoms with Crippen molar-refractivity contribution in [2.24, 2.45) is 5.73 Å². The first-order valence-corrected chi connectivity index (χ1v) is 3.52. The molecule has 0 amide bonds. The van der Waals surface area contributed by atoms with E-state index in [9.17, 15) is 9.18 Å². The standard InChI is InChI=1S/C8H9FN2O/c1-5(10)8(12)6-2-3-7(9)11-4-6/h2-5H,10H2,1H3. The van der Waals surface area contributed by atoms with Crippen LogP contribution >= 0.6 is 0 Å². The first-order chi connectivity index (χ1) is 5.61. The van der Waals surface area contributed by atoms with Crippen molar-refractivity contribution < 1.29 is 9.18 Å². The van der Waals surface area contributed by atoms with Crippen LogP contribution in [-0.4, -0.2) is 16.8 Å². The van der Waals surface area contributed by atoms with E-state index in [-0.39, 0.29) is 5.78 Å². The Morgan fingerprint density at radius 2 is 2.33 bits per heavy atom. The molecule has 1 heterocycles. The molecule has 1 unspecified atom stereocenters. The monoisotopic (exact) mass is 168 g/mol. The van der Waals surface area contributed by atoms with E-state index in [0.717, 1.165) is 6.07 Å². The van der Waals surface area contributed by atoms with Gasteiger partial charge < -0.3 is 5.73 Å². The number of ketones is 1. The Kier molecular flexibility index (Phi) is 2.50. The normalized spacial score (nSPS) is 12.6. The van der Waals surface area contributed by atoms with Crippen molar-refractivity contribution in [3.05, 3.63) is 29.8 Å². The summed E-state index contributed by atoms with van der Waals surface area (Å²) in [4.78, 5) is 14.5. The van der Waals surface area contributed by atoms with Crippen molar-refractivity contribution in [3.8, 4) is 0 Å². The number of aromatic nitrogens is 1. The summed E-state index contributed by atoms with van der Waals surface area (Å²) in [7, 11) is 0. The van der Waals surface area contributed by atoms with E-state index < -0.39 is 12.0 Å². The highest BCUT2D eigenvalue weighted by molar-refractivity contribution is 5.99. The van der Waals surface area contributed by atoms with Crippen LogP contribution in [0.15, 0.2) is 18.3 Å². The molecule has 0 aliphatic carbocycles. The van der Waals surface area contributed by atoms with Gasteiger partial charge in [-0.3, -0.25) is 4.79 Å². The molecule has 2 N–H and O–H groups in total. The summed E-state index contributed by atoms with van der Waals surface area (Å²) >= 11 is 0. The van der Waals surface area contributed by atoms with E-state index in [4.69, 9.17) is 5.73 Å². The zero-order valence-electron chi connectivity index (χ0n) is 6.62. The second kappa shape index (κ2) is 3.40. The van der Waals surface area contributed by atoms with Crippen LogP contribution < -0.4 is 5.73 Å². The number of Topliss-reactive ketones (excluding diaryl/α,β-unsaturated/α-hetero) is 1. The lowest BCUT2D eigenvalue weighted by atomic mass is 10.1. The molecule has 1 rings (SSSR count). The Morgan fingerprint density at radius 1 is 1.67 bits per heavy atom. The topological polar surface area (TPSA) is 56.0 Å². The van der Waals surface area contributed by atoms with Crippen LogP contribution in [-0.2, 0) is 0 Å². The molecule has 0 saturated heterocycles. The van der Waals surface area contributed by atoms with Crippen molar-refractivity contribution in [2.45, 2.75) is 13.0 Å². The lowest BCUT2D eigenvalue weighted by molar-refractivity contribution is 0.0967. The SMILES string of the molecule is CC(N)C(=O)c1ccc(F)nc1. The number of carbonyl (C=O) groups excluding carboxylic acids is 1.